The Bertz CT molecular complexity index is 299. The SMILES string of the molecule is CCOc1ccccc1C(O)C(C)OC. The third kappa shape index (κ3) is 2.94. The van der Waals surface area contributed by atoms with Crippen LogP contribution in [0.25, 0.3) is 0 Å². The largest absolute Gasteiger partial charge is 0.493 e. The molecule has 0 aliphatic carbocycles. The molecule has 3 nitrogen and oxygen atoms in total. The van der Waals surface area contributed by atoms with Crippen LogP contribution in [0.15, 0.2) is 24.3 Å². The zero-order valence-corrected chi connectivity index (χ0v) is 9.43. The van der Waals surface area contributed by atoms with Gasteiger partial charge in [-0.3, -0.25) is 0 Å². The van der Waals surface area contributed by atoms with Gasteiger partial charge in [-0.15, -0.1) is 0 Å². The molecule has 0 bridgehead atoms. The Balaban J connectivity index is 2.91. The molecule has 0 heterocycles. The van der Waals surface area contributed by atoms with Crippen molar-refractivity contribution in [2.45, 2.75) is 26.1 Å². The smallest absolute Gasteiger partial charge is 0.125 e. The molecule has 0 aliphatic rings. The van der Waals surface area contributed by atoms with Crippen molar-refractivity contribution in [1.82, 2.24) is 0 Å². The predicted octanol–water partition coefficient (Wildman–Crippen LogP) is 2.15. The van der Waals surface area contributed by atoms with Crippen molar-refractivity contribution in [3.8, 4) is 5.75 Å². The maximum absolute atomic E-state index is 9.99. The first-order valence-corrected chi connectivity index (χ1v) is 5.13. The van der Waals surface area contributed by atoms with Gasteiger partial charge in [0.2, 0.25) is 0 Å². The topological polar surface area (TPSA) is 38.7 Å². The van der Waals surface area contributed by atoms with Gasteiger partial charge in [-0.2, -0.15) is 0 Å². The number of hydrogen-bond acceptors (Lipinski definition) is 3. The first-order chi connectivity index (χ1) is 7.20. The van der Waals surface area contributed by atoms with Crippen LogP contribution in [0.4, 0.5) is 0 Å². The minimum absolute atomic E-state index is 0.244. The molecule has 1 N–H and O–H groups in total. The van der Waals surface area contributed by atoms with Gasteiger partial charge in [0, 0.05) is 12.7 Å². The van der Waals surface area contributed by atoms with E-state index in [1.165, 1.54) is 0 Å². The highest BCUT2D eigenvalue weighted by Crippen LogP contribution is 2.27. The monoisotopic (exact) mass is 210 g/mol. The quantitative estimate of drug-likeness (QED) is 0.809. The molecule has 3 heteroatoms. The van der Waals surface area contributed by atoms with Gasteiger partial charge in [0.05, 0.1) is 12.7 Å². The Morgan fingerprint density at radius 1 is 1.33 bits per heavy atom. The van der Waals surface area contributed by atoms with Crippen molar-refractivity contribution in [3.05, 3.63) is 29.8 Å². The molecule has 0 aliphatic heterocycles. The lowest BCUT2D eigenvalue weighted by Crippen LogP contribution is -2.17. The van der Waals surface area contributed by atoms with Crippen molar-refractivity contribution < 1.29 is 14.6 Å². The van der Waals surface area contributed by atoms with Crippen LogP contribution in [0.3, 0.4) is 0 Å². The maximum Gasteiger partial charge on any atom is 0.125 e. The molecule has 84 valence electrons. The van der Waals surface area contributed by atoms with Gasteiger partial charge in [-0.25, -0.2) is 0 Å². The Labute approximate surface area is 90.6 Å². The molecular formula is C12H18O3. The van der Waals surface area contributed by atoms with Gasteiger partial charge in [0.15, 0.2) is 0 Å². The van der Waals surface area contributed by atoms with E-state index < -0.39 is 6.10 Å². The predicted molar refractivity (Wildman–Crippen MR) is 59.0 cm³/mol. The fourth-order valence-corrected chi connectivity index (χ4v) is 1.39. The van der Waals surface area contributed by atoms with E-state index in [1.807, 2.05) is 38.1 Å². The number of aliphatic hydroxyl groups excluding tert-OH is 1. The molecule has 2 atom stereocenters. The first-order valence-electron chi connectivity index (χ1n) is 5.13. The summed E-state index contributed by atoms with van der Waals surface area (Å²) in [5.74, 6) is 0.719. The molecule has 0 saturated carbocycles. The zero-order valence-electron chi connectivity index (χ0n) is 9.43. The van der Waals surface area contributed by atoms with Gasteiger partial charge in [0.25, 0.3) is 0 Å². The van der Waals surface area contributed by atoms with E-state index >= 15 is 0 Å². The van der Waals surface area contributed by atoms with Crippen molar-refractivity contribution in [1.29, 1.82) is 0 Å². The molecule has 0 aromatic heterocycles. The van der Waals surface area contributed by atoms with Crippen molar-refractivity contribution in [3.63, 3.8) is 0 Å². The lowest BCUT2D eigenvalue weighted by atomic mass is 10.0. The number of para-hydroxylation sites is 1. The van der Waals surface area contributed by atoms with E-state index in [0.29, 0.717) is 6.61 Å². The highest BCUT2D eigenvalue weighted by molar-refractivity contribution is 5.35. The Hall–Kier alpha value is -1.06. The summed E-state index contributed by atoms with van der Waals surface area (Å²) < 4.78 is 10.5. The highest BCUT2D eigenvalue weighted by Gasteiger charge is 2.19. The molecule has 0 saturated heterocycles. The van der Waals surface area contributed by atoms with E-state index in [4.69, 9.17) is 9.47 Å². The van der Waals surface area contributed by atoms with Crippen LogP contribution < -0.4 is 4.74 Å². The normalized spacial score (nSPS) is 14.7. The van der Waals surface area contributed by atoms with Crippen LogP contribution in [0.1, 0.15) is 25.5 Å². The minimum atomic E-state index is -0.655. The minimum Gasteiger partial charge on any atom is -0.493 e. The summed E-state index contributed by atoms with van der Waals surface area (Å²) in [4.78, 5) is 0. The van der Waals surface area contributed by atoms with Crippen LogP contribution >= 0.6 is 0 Å². The molecule has 0 fully saturated rings. The molecule has 1 aromatic rings. The molecule has 2 unspecified atom stereocenters. The summed E-state index contributed by atoms with van der Waals surface area (Å²) >= 11 is 0. The standard InChI is InChI=1S/C12H18O3/c1-4-15-11-8-6-5-7-10(11)12(13)9(2)14-3/h5-9,12-13H,4H2,1-3H3. The van der Waals surface area contributed by atoms with E-state index in [-0.39, 0.29) is 6.10 Å². The second-order valence-electron chi connectivity index (χ2n) is 3.36. The fraction of sp³-hybridized carbons (Fsp3) is 0.500. The number of methoxy groups -OCH3 is 1. The Morgan fingerprint density at radius 2 is 2.00 bits per heavy atom. The van der Waals surface area contributed by atoms with Gasteiger partial charge in [0.1, 0.15) is 11.9 Å². The summed E-state index contributed by atoms with van der Waals surface area (Å²) in [6.07, 6.45) is -0.899. The molecule has 0 radical (unpaired) electrons. The van der Waals surface area contributed by atoms with Crippen LogP contribution in [0.2, 0.25) is 0 Å². The summed E-state index contributed by atoms with van der Waals surface area (Å²) in [5, 5.41) is 9.99. The fourth-order valence-electron chi connectivity index (χ4n) is 1.39. The molecular weight excluding hydrogens is 192 g/mol. The number of ether oxygens (including phenoxy) is 2. The van der Waals surface area contributed by atoms with E-state index in [9.17, 15) is 5.11 Å². The zero-order chi connectivity index (χ0) is 11.3. The second kappa shape index (κ2) is 5.73. The van der Waals surface area contributed by atoms with Crippen molar-refractivity contribution >= 4 is 0 Å². The number of rotatable bonds is 5. The highest BCUT2D eigenvalue weighted by atomic mass is 16.5. The summed E-state index contributed by atoms with van der Waals surface area (Å²) in [5.41, 5.74) is 0.772. The molecule has 15 heavy (non-hydrogen) atoms. The number of hydrogen-bond donors (Lipinski definition) is 1. The third-order valence-electron chi connectivity index (χ3n) is 2.35. The van der Waals surface area contributed by atoms with Gasteiger partial charge >= 0.3 is 0 Å². The number of aliphatic hydroxyl groups is 1. The lowest BCUT2D eigenvalue weighted by molar-refractivity contribution is -0.00270. The summed E-state index contributed by atoms with van der Waals surface area (Å²) in [6, 6.07) is 7.47. The summed E-state index contributed by atoms with van der Waals surface area (Å²) in [7, 11) is 1.58. The molecule has 0 amide bonds. The Kier molecular flexibility index (Phi) is 4.59. The average Bonchev–Trinajstić information content (AvgIpc) is 2.28. The van der Waals surface area contributed by atoms with E-state index in [1.54, 1.807) is 7.11 Å². The van der Waals surface area contributed by atoms with Gasteiger partial charge < -0.3 is 14.6 Å². The molecule has 1 rings (SSSR count). The first kappa shape index (κ1) is 12.0. The number of benzene rings is 1. The van der Waals surface area contributed by atoms with Gasteiger partial charge in [-0.05, 0) is 19.9 Å². The maximum atomic E-state index is 9.99. The Morgan fingerprint density at radius 3 is 2.60 bits per heavy atom. The second-order valence-corrected chi connectivity index (χ2v) is 3.36. The van der Waals surface area contributed by atoms with E-state index in [0.717, 1.165) is 11.3 Å². The van der Waals surface area contributed by atoms with Crippen LogP contribution in [-0.2, 0) is 4.74 Å². The van der Waals surface area contributed by atoms with Crippen molar-refractivity contribution in [2.75, 3.05) is 13.7 Å². The van der Waals surface area contributed by atoms with Crippen LogP contribution in [0, 0.1) is 0 Å². The summed E-state index contributed by atoms with van der Waals surface area (Å²) in [6.45, 7) is 4.33. The van der Waals surface area contributed by atoms with Crippen LogP contribution in [0.5, 0.6) is 5.75 Å². The molecule has 1 aromatic carbocycles. The van der Waals surface area contributed by atoms with Gasteiger partial charge in [-0.1, -0.05) is 18.2 Å². The molecule has 0 spiro atoms. The average molecular weight is 210 g/mol. The van der Waals surface area contributed by atoms with Crippen LogP contribution in [-0.4, -0.2) is 24.9 Å². The lowest BCUT2D eigenvalue weighted by Gasteiger charge is -2.20. The van der Waals surface area contributed by atoms with E-state index in [2.05, 4.69) is 0 Å². The van der Waals surface area contributed by atoms with Crippen molar-refractivity contribution in [2.24, 2.45) is 0 Å². The third-order valence-corrected chi connectivity index (χ3v) is 2.35.